The predicted octanol–water partition coefficient (Wildman–Crippen LogP) is 1.48. The van der Waals surface area contributed by atoms with Gasteiger partial charge in [0, 0.05) is 29.7 Å². The molecule has 96 valence electrons. The molecule has 0 unspecified atom stereocenters. The van der Waals surface area contributed by atoms with Crippen LogP contribution in [0.4, 0.5) is 0 Å². The molecule has 4 heteroatoms. The zero-order valence-electron chi connectivity index (χ0n) is 10.8. The van der Waals surface area contributed by atoms with E-state index in [1.165, 1.54) is 10.9 Å². The number of pyridine rings is 1. The van der Waals surface area contributed by atoms with Crippen LogP contribution in [0.1, 0.15) is 18.4 Å². The van der Waals surface area contributed by atoms with E-state index >= 15 is 0 Å². The molecule has 0 amide bonds. The Labute approximate surface area is 107 Å². The molecule has 4 nitrogen and oxygen atoms in total. The van der Waals surface area contributed by atoms with Crippen LogP contribution >= 0.6 is 0 Å². The third-order valence-corrected chi connectivity index (χ3v) is 4.39. The van der Waals surface area contributed by atoms with Crippen molar-refractivity contribution in [3.05, 3.63) is 30.2 Å². The van der Waals surface area contributed by atoms with E-state index in [4.69, 9.17) is 5.73 Å². The smallest absolute Gasteiger partial charge is 0.0643 e. The van der Waals surface area contributed by atoms with E-state index in [1.54, 1.807) is 0 Å². The number of nitrogens with one attached hydrogen (secondary N) is 1. The topological polar surface area (TPSA) is 57.9 Å². The van der Waals surface area contributed by atoms with Gasteiger partial charge in [-0.05, 0) is 44.6 Å². The number of hydrogen-bond donors (Lipinski definition) is 2. The standard InChI is InChI=1S/C14H20N4/c1-18-6-3-14(10-15,4-7-18)12-8-17-13-9-16-5-2-11(12)13/h2,5,8-9,17H,3-4,6-7,10,15H2,1H3. The van der Waals surface area contributed by atoms with Crippen molar-refractivity contribution in [3.63, 3.8) is 0 Å². The van der Waals surface area contributed by atoms with E-state index < -0.39 is 0 Å². The first-order valence-electron chi connectivity index (χ1n) is 6.55. The van der Waals surface area contributed by atoms with Crippen molar-refractivity contribution in [2.45, 2.75) is 18.3 Å². The molecule has 0 atom stereocenters. The number of nitrogens with two attached hydrogens (primary N) is 1. The quantitative estimate of drug-likeness (QED) is 0.841. The van der Waals surface area contributed by atoms with Crippen LogP contribution in [-0.4, -0.2) is 41.5 Å². The summed E-state index contributed by atoms with van der Waals surface area (Å²) in [5.41, 5.74) is 8.73. The van der Waals surface area contributed by atoms with E-state index in [0.29, 0.717) is 0 Å². The molecule has 3 heterocycles. The molecule has 3 rings (SSSR count). The molecular weight excluding hydrogens is 224 g/mol. The zero-order chi connectivity index (χ0) is 12.6. The minimum atomic E-state index is 0.131. The van der Waals surface area contributed by atoms with Gasteiger partial charge >= 0.3 is 0 Å². The second kappa shape index (κ2) is 4.37. The lowest BCUT2D eigenvalue weighted by Gasteiger charge is -2.40. The summed E-state index contributed by atoms with van der Waals surface area (Å²) >= 11 is 0. The van der Waals surface area contributed by atoms with E-state index in [1.807, 2.05) is 12.4 Å². The van der Waals surface area contributed by atoms with E-state index in [-0.39, 0.29) is 5.41 Å². The zero-order valence-corrected chi connectivity index (χ0v) is 10.8. The van der Waals surface area contributed by atoms with Gasteiger partial charge in [0.1, 0.15) is 0 Å². The van der Waals surface area contributed by atoms with Gasteiger partial charge in [-0.25, -0.2) is 0 Å². The van der Waals surface area contributed by atoms with Crippen molar-refractivity contribution in [3.8, 4) is 0 Å². The van der Waals surface area contributed by atoms with Crippen molar-refractivity contribution in [2.24, 2.45) is 5.73 Å². The summed E-state index contributed by atoms with van der Waals surface area (Å²) in [6.07, 6.45) is 8.14. The molecule has 2 aromatic rings. The van der Waals surface area contributed by atoms with Gasteiger partial charge in [0.05, 0.1) is 11.7 Å². The molecule has 0 aromatic carbocycles. The summed E-state index contributed by atoms with van der Waals surface area (Å²) in [6.45, 7) is 2.96. The average Bonchev–Trinajstić information content (AvgIpc) is 2.85. The van der Waals surface area contributed by atoms with Crippen LogP contribution in [0.15, 0.2) is 24.7 Å². The third kappa shape index (κ3) is 1.72. The Morgan fingerprint density at radius 1 is 1.44 bits per heavy atom. The van der Waals surface area contributed by atoms with Crippen LogP contribution in [-0.2, 0) is 5.41 Å². The van der Waals surface area contributed by atoms with Crippen LogP contribution in [0.2, 0.25) is 0 Å². The second-order valence-electron chi connectivity index (χ2n) is 5.41. The number of rotatable bonds is 2. The van der Waals surface area contributed by atoms with Crippen LogP contribution in [0.25, 0.3) is 10.9 Å². The van der Waals surface area contributed by atoms with Crippen LogP contribution in [0, 0.1) is 0 Å². The Kier molecular flexibility index (Phi) is 2.84. The van der Waals surface area contributed by atoms with E-state index in [2.05, 4.69) is 34.2 Å². The molecule has 3 N–H and O–H groups in total. The van der Waals surface area contributed by atoms with E-state index in [0.717, 1.165) is 38.0 Å². The highest BCUT2D eigenvalue weighted by atomic mass is 15.1. The summed E-state index contributed by atoms with van der Waals surface area (Å²) in [7, 11) is 2.18. The van der Waals surface area contributed by atoms with Gasteiger partial charge in [0.25, 0.3) is 0 Å². The first kappa shape index (κ1) is 11.7. The highest BCUT2D eigenvalue weighted by Gasteiger charge is 2.35. The van der Waals surface area contributed by atoms with Gasteiger partial charge in [0.15, 0.2) is 0 Å². The summed E-state index contributed by atoms with van der Waals surface area (Å²) in [4.78, 5) is 9.86. The fraction of sp³-hybridized carbons (Fsp3) is 0.500. The molecule has 1 aliphatic rings. The van der Waals surface area contributed by atoms with Crippen molar-refractivity contribution < 1.29 is 0 Å². The van der Waals surface area contributed by atoms with Crippen LogP contribution in [0.5, 0.6) is 0 Å². The van der Waals surface area contributed by atoms with Crippen molar-refractivity contribution in [2.75, 3.05) is 26.7 Å². The highest BCUT2D eigenvalue weighted by molar-refractivity contribution is 5.83. The minimum absolute atomic E-state index is 0.131. The van der Waals surface area contributed by atoms with Gasteiger partial charge in [-0.2, -0.15) is 0 Å². The number of hydrogen-bond acceptors (Lipinski definition) is 3. The fourth-order valence-electron chi connectivity index (χ4n) is 3.04. The summed E-state index contributed by atoms with van der Waals surface area (Å²) < 4.78 is 0. The van der Waals surface area contributed by atoms with E-state index in [9.17, 15) is 0 Å². The molecular formula is C14H20N4. The lowest BCUT2D eigenvalue weighted by molar-refractivity contribution is 0.193. The Morgan fingerprint density at radius 3 is 2.94 bits per heavy atom. The first-order valence-corrected chi connectivity index (χ1v) is 6.55. The summed E-state index contributed by atoms with van der Waals surface area (Å²) in [5.74, 6) is 0. The number of fused-ring (bicyclic) bond motifs is 1. The molecule has 0 saturated carbocycles. The van der Waals surface area contributed by atoms with Crippen LogP contribution in [0.3, 0.4) is 0 Å². The second-order valence-corrected chi connectivity index (χ2v) is 5.41. The number of nitrogens with zero attached hydrogens (tertiary/aromatic N) is 2. The van der Waals surface area contributed by atoms with Crippen molar-refractivity contribution in [1.82, 2.24) is 14.9 Å². The maximum absolute atomic E-state index is 6.12. The Balaban J connectivity index is 2.06. The lowest BCUT2D eigenvalue weighted by atomic mass is 9.73. The molecule has 0 bridgehead atoms. The molecule has 2 aromatic heterocycles. The average molecular weight is 244 g/mol. The molecule has 1 fully saturated rings. The van der Waals surface area contributed by atoms with Gasteiger partial charge in [-0.15, -0.1) is 0 Å². The SMILES string of the molecule is CN1CCC(CN)(c2c[nH]c3cnccc23)CC1. The highest BCUT2D eigenvalue weighted by Crippen LogP contribution is 2.37. The van der Waals surface area contributed by atoms with Crippen LogP contribution < -0.4 is 5.73 Å². The maximum Gasteiger partial charge on any atom is 0.0643 e. The number of piperidine rings is 1. The molecule has 0 spiro atoms. The normalized spacial score (nSPS) is 20.3. The number of H-pyrrole nitrogens is 1. The molecule has 1 saturated heterocycles. The maximum atomic E-state index is 6.12. The number of aromatic amines is 1. The van der Waals surface area contributed by atoms with Gasteiger partial charge in [0.2, 0.25) is 0 Å². The summed E-state index contributed by atoms with van der Waals surface area (Å²) in [5, 5.41) is 1.28. The monoisotopic (exact) mass is 244 g/mol. The summed E-state index contributed by atoms with van der Waals surface area (Å²) in [6, 6.07) is 2.09. The molecule has 0 radical (unpaired) electrons. The Bertz CT molecular complexity index is 537. The fourth-order valence-corrected chi connectivity index (χ4v) is 3.04. The van der Waals surface area contributed by atoms with Gasteiger partial charge in [-0.3, -0.25) is 4.98 Å². The van der Waals surface area contributed by atoms with Gasteiger partial charge in [-0.1, -0.05) is 0 Å². The minimum Gasteiger partial charge on any atom is -0.360 e. The first-order chi connectivity index (χ1) is 8.75. The number of aromatic nitrogens is 2. The largest absolute Gasteiger partial charge is 0.360 e. The third-order valence-electron chi connectivity index (χ3n) is 4.39. The molecule has 1 aliphatic heterocycles. The number of likely N-dealkylation sites (tertiary alicyclic amines) is 1. The molecule has 0 aliphatic carbocycles. The Morgan fingerprint density at radius 2 is 2.22 bits per heavy atom. The van der Waals surface area contributed by atoms with Gasteiger partial charge < -0.3 is 15.6 Å². The molecule has 18 heavy (non-hydrogen) atoms. The van der Waals surface area contributed by atoms with Crippen molar-refractivity contribution >= 4 is 10.9 Å². The predicted molar refractivity (Wildman–Crippen MR) is 73.6 cm³/mol. The lowest BCUT2D eigenvalue weighted by Crippen LogP contribution is -2.45. The van der Waals surface area contributed by atoms with Crippen molar-refractivity contribution in [1.29, 1.82) is 0 Å². The Hall–Kier alpha value is -1.39.